The third-order valence-electron chi connectivity index (χ3n) is 3.26. The van der Waals surface area contributed by atoms with Crippen molar-refractivity contribution < 1.29 is 14.7 Å². The van der Waals surface area contributed by atoms with Gasteiger partial charge in [-0.2, -0.15) is 0 Å². The Bertz CT molecular complexity index is 572. The molecule has 0 bridgehead atoms. The second-order valence-corrected chi connectivity index (χ2v) is 5.43. The second-order valence-electron chi connectivity index (χ2n) is 4.59. The highest BCUT2D eigenvalue weighted by atomic mass is 35.5. The van der Waals surface area contributed by atoms with Crippen LogP contribution < -0.4 is 10.4 Å². The predicted octanol–water partition coefficient (Wildman–Crippen LogP) is 2.26. The van der Waals surface area contributed by atoms with Crippen molar-refractivity contribution in [1.82, 2.24) is 0 Å². The Kier molecular flexibility index (Phi) is 4.68. The molecule has 1 aromatic rings. The van der Waals surface area contributed by atoms with Gasteiger partial charge < -0.3 is 15.2 Å². The Morgan fingerprint density at radius 3 is 2.45 bits per heavy atom. The molecule has 1 aromatic carbocycles. The van der Waals surface area contributed by atoms with Crippen molar-refractivity contribution in [2.45, 2.75) is 12.8 Å². The van der Waals surface area contributed by atoms with Gasteiger partial charge in [-0.15, -0.1) is 0 Å². The van der Waals surface area contributed by atoms with Gasteiger partial charge in [0.05, 0.1) is 16.6 Å². The number of allylic oxidation sites excluding steroid dienone is 2. The van der Waals surface area contributed by atoms with E-state index in [1.807, 2.05) is 0 Å². The number of carboxylic acid groups (broad SMARTS) is 1. The van der Waals surface area contributed by atoms with Crippen molar-refractivity contribution >= 4 is 40.8 Å². The van der Waals surface area contributed by atoms with Crippen molar-refractivity contribution in [3.8, 4) is 0 Å². The fourth-order valence-corrected chi connectivity index (χ4v) is 2.52. The molecule has 0 radical (unpaired) electrons. The van der Waals surface area contributed by atoms with Crippen molar-refractivity contribution in [2.75, 3.05) is 5.32 Å². The number of carbonyl (C=O) groups excluding carboxylic acids is 2. The van der Waals surface area contributed by atoms with E-state index < -0.39 is 23.7 Å². The van der Waals surface area contributed by atoms with Crippen molar-refractivity contribution in [2.24, 2.45) is 11.8 Å². The monoisotopic (exact) mass is 312 g/mol. The highest BCUT2D eigenvalue weighted by Crippen LogP contribution is 2.29. The van der Waals surface area contributed by atoms with E-state index in [4.69, 9.17) is 23.2 Å². The van der Waals surface area contributed by atoms with Crippen LogP contribution in [0, 0.1) is 11.8 Å². The highest BCUT2D eigenvalue weighted by molar-refractivity contribution is 6.35. The summed E-state index contributed by atoms with van der Waals surface area (Å²) in [6.45, 7) is 0. The smallest absolute Gasteiger partial charge is 0.228 e. The second kappa shape index (κ2) is 6.29. The largest absolute Gasteiger partial charge is 0.550 e. The van der Waals surface area contributed by atoms with E-state index >= 15 is 0 Å². The zero-order chi connectivity index (χ0) is 14.7. The van der Waals surface area contributed by atoms with E-state index in [1.165, 1.54) is 6.07 Å². The zero-order valence-electron chi connectivity index (χ0n) is 10.4. The molecule has 0 fully saturated rings. The molecule has 106 valence electrons. The normalized spacial score (nSPS) is 21.5. The van der Waals surface area contributed by atoms with E-state index in [0.717, 1.165) is 0 Å². The summed E-state index contributed by atoms with van der Waals surface area (Å²) in [5.41, 5.74) is 0.371. The third kappa shape index (κ3) is 3.32. The first kappa shape index (κ1) is 14.9. The maximum absolute atomic E-state index is 12.2. The quantitative estimate of drug-likeness (QED) is 0.870. The standard InChI is InChI=1S/C14H13Cl2NO3/c15-8-5-6-11(16)12(7-8)17-13(18)9-3-1-2-4-10(9)14(19)20/h1-2,5-7,9-10H,3-4H2,(H,17,18)(H,19,20)/p-1/t9-,10+/m0/s1. The fourth-order valence-electron chi connectivity index (χ4n) is 2.18. The number of hydrogen-bond acceptors (Lipinski definition) is 3. The summed E-state index contributed by atoms with van der Waals surface area (Å²) >= 11 is 11.8. The van der Waals surface area contributed by atoms with Crippen LogP contribution in [0.15, 0.2) is 30.4 Å². The van der Waals surface area contributed by atoms with Crippen LogP contribution in [0.3, 0.4) is 0 Å². The first-order chi connectivity index (χ1) is 9.49. The molecule has 0 aromatic heterocycles. The van der Waals surface area contributed by atoms with Crippen LogP contribution in [0.4, 0.5) is 5.69 Å². The lowest BCUT2D eigenvalue weighted by atomic mass is 9.82. The summed E-state index contributed by atoms with van der Waals surface area (Å²) in [5, 5.41) is 14.5. The van der Waals surface area contributed by atoms with Gasteiger partial charge in [-0.3, -0.25) is 4.79 Å². The number of carboxylic acids is 1. The predicted molar refractivity (Wildman–Crippen MR) is 75.5 cm³/mol. The first-order valence-electron chi connectivity index (χ1n) is 6.11. The minimum atomic E-state index is -1.22. The van der Waals surface area contributed by atoms with Gasteiger partial charge in [-0.05, 0) is 31.0 Å². The Morgan fingerprint density at radius 1 is 1.15 bits per heavy atom. The maximum Gasteiger partial charge on any atom is 0.228 e. The van der Waals surface area contributed by atoms with E-state index in [9.17, 15) is 14.7 Å². The van der Waals surface area contributed by atoms with Gasteiger partial charge in [0.15, 0.2) is 0 Å². The van der Waals surface area contributed by atoms with Gasteiger partial charge in [0.25, 0.3) is 0 Å². The van der Waals surface area contributed by atoms with E-state index in [-0.39, 0.29) is 0 Å². The molecule has 0 unspecified atom stereocenters. The maximum atomic E-state index is 12.2. The molecule has 2 rings (SSSR count). The average molecular weight is 313 g/mol. The van der Waals surface area contributed by atoms with Crippen molar-refractivity contribution in [1.29, 1.82) is 0 Å². The third-order valence-corrected chi connectivity index (χ3v) is 3.82. The highest BCUT2D eigenvalue weighted by Gasteiger charge is 2.30. The molecule has 4 nitrogen and oxygen atoms in total. The Morgan fingerprint density at radius 2 is 1.80 bits per heavy atom. The summed E-state index contributed by atoms with van der Waals surface area (Å²) in [4.78, 5) is 23.3. The van der Waals surface area contributed by atoms with Crippen LogP contribution >= 0.6 is 23.2 Å². The Hall–Kier alpha value is -1.52. The summed E-state index contributed by atoms with van der Waals surface area (Å²) in [6.07, 6.45) is 4.20. The van der Waals surface area contributed by atoms with Crippen molar-refractivity contribution in [3.63, 3.8) is 0 Å². The molecule has 1 aliphatic rings. The van der Waals surface area contributed by atoms with Crippen LogP contribution in [0.5, 0.6) is 0 Å². The van der Waals surface area contributed by atoms with E-state index in [0.29, 0.717) is 28.6 Å². The van der Waals surface area contributed by atoms with Crippen LogP contribution in [0.2, 0.25) is 10.0 Å². The van der Waals surface area contributed by atoms with Gasteiger partial charge in [0, 0.05) is 16.9 Å². The number of rotatable bonds is 3. The molecule has 20 heavy (non-hydrogen) atoms. The van der Waals surface area contributed by atoms with Gasteiger partial charge >= 0.3 is 0 Å². The van der Waals surface area contributed by atoms with Crippen LogP contribution in [0.25, 0.3) is 0 Å². The molecule has 2 atom stereocenters. The Labute approximate surface area is 126 Å². The van der Waals surface area contributed by atoms with Crippen LogP contribution in [-0.2, 0) is 9.59 Å². The number of benzene rings is 1. The Balaban J connectivity index is 2.16. The number of halogens is 2. The minimum absolute atomic E-state index is 0.295. The number of carbonyl (C=O) groups is 2. The molecule has 0 saturated heterocycles. The molecule has 0 saturated carbocycles. The lowest BCUT2D eigenvalue weighted by Gasteiger charge is -2.28. The molecule has 0 heterocycles. The van der Waals surface area contributed by atoms with Gasteiger partial charge in [0.2, 0.25) is 5.91 Å². The SMILES string of the molecule is O=C(Nc1cc(Cl)ccc1Cl)[C@H]1CC=CC[C@H]1C(=O)[O-]. The van der Waals surface area contributed by atoms with Crippen LogP contribution in [-0.4, -0.2) is 11.9 Å². The minimum Gasteiger partial charge on any atom is -0.550 e. The molecular formula is C14H12Cl2NO3-. The lowest BCUT2D eigenvalue weighted by Crippen LogP contribution is -2.41. The number of hydrogen-bond donors (Lipinski definition) is 1. The summed E-state index contributed by atoms with van der Waals surface area (Å²) < 4.78 is 0. The number of anilines is 1. The van der Waals surface area contributed by atoms with Crippen molar-refractivity contribution in [3.05, 3.63) is 40.4 Å². The van der Waals surface area contributed by atoms with E-state index in [1.54, 1.807) is 24.3 Å². The van der Waals surface area contributed by atoms with Gasteiger partial charge in [-0.25, -0.2) is 0 Å². The van der Waals surface area contributed by atoms with E-state index in [2.05, 4.69) is 5.32 Å². The molecule has 0 spiro atoms. The average Bonchev–Trinajstić information content (AvgIpc) is 2.42. The van der Waals surface area contributed by atoms with Gasteiger partial charge in [-0.1, -0.05) is 35.4 Å². The van der Waals surface area contributed by atoms with Crippen LogP contribution in [0.1, 0.15) is 12.8 Å². The molecular weight excluding hydrogens is 301 g/mol. The van der Waals surface area contributed by atoms with Gasteiger partial charge in [0.1, 0.15) is 0 Å². The number of amides is 1. The zero-order valence-corrected chi connectivity index (χ0v) is 11.9. The fraction of sp³-hybridized carbons (Fsp3) is 0.286. The molecule has 0 aliphatic heterocycles. The molecule has 1 N–H and O–H groups in total. The molecule has 6 heteroatoms. The topological polar surface area (TPSA) is 69.2 Å². The summed E-state index contributed by atoms with van der Waals surface area (Å²) in [6, 6.07) is 4.69. The number of nitrogens with one attached hydrogen (secondary N) is 1. The number of aliphatic carboxylic acids is 1. The summed E-state index contributed by atoms with van der Waals surface area (Å²) in [7, 11) is 0. The molecule has 1 amide bonds. The lowest BCUT2D eigenvalue weighted by molar-refractivity contribution is -0.313. The first-order valence-corrected chi connectivity index (χ1v) is 6.86. The summed E-state index contributed by atoms with van der Waals surface area (Å²) in [5.74, 6) is -3.10. The molecule has 1 aliphatic carbocycles.